The predicted octanol–water partition coefficient (Wildman–Crippen LogP) is 2.50. The van der Waals surface area contributed by atoms with E-state index in [1.54, 1.807) is 24.5 Å². The highest BCUT2D eigenvalue weighted by atomic mass is 16.5. The van der Waals surface area contributed by atoms with Crippen LogP contribution < -0.4 is 5.32 Å². The van der Waals surface area contributed by atoms with Crippen molar-refractivity contribution < 1.29 is 19.4 Å². The fourth-order valence-electron chi connectivity index (χ4n) is 6.51. The third-order valence-corrected chi connectivity index (χ3v) is 8.50. The molecule has 3 aliphatic rings. The van der Waals surface area contributed by atoms with Gasteiger partial charge in [0.1, 0.15) is 0 Å². The Morgan fingerprint density at radius 1 is 1.22 bits per heavy atom. The number of morpholine rings is 1. The Morgan fingerprint density at radius 2 is 1.88 bits per heavy atom. The van der Waals surface area contributed by atoms with Gasteiger partial charge in [0.25, 0.3) is 5.91 Å². The van der Waals surface area contributed by atoms with Crippen LogP contribution in [-0.2, 0) is 9.53 Å². The molecule has 2 heterocycles. The van der Waals surface area contributed by atoms with Gasteiger partial charge in [0.2, 0.25) is 5.91 Å². The van der Waals surface area contributed by atoms with Crippen LogP contribution in [0.5, 0.6) is 0 Å². The zero-order valence-corrected chi connectivity index (χ0v) is 19.5. The minimum Gasteiger partial charge on any atom is -0.392 e. The monoisotopic (exact) mass is 443 g/mol. The fraction of sp³-hybridized carbons (Fsp3) is 0.720. The third kappa shape index (κ3) is 4.42. The summed E-state index contributed by atoms with van der Waals surface area (Å²) in [5, 5.41) is 14.8. The molecule has 2 amide bonds. The zero-order chi connectivity index (χ0) is 22.9. The molecule has 32 heavy (non-hydrogen) atoms. The lowest BCUT2D eigenvalue weighted by Crippen LogP contribution is -2.59. The second-order valence-electron chi connectivity index (χ2n) is 10.3. The van der Waals surface area contributed by atoms with E-state index in [0.717, 1.165) is 25.7 Å². The van der Waals surface area contributed by atoms with Gasteiger partial charge in [0, 0.05) is 43.0 Å². The Labute approximate surface area is 190 Å². The topological polar surface area (TPSA) is 91.8 Å². The molecule has 0 spiro atoms. The quantitative estimate of drug-likeness (QED) is 0.746. The Hall–Kier alpha value is -1.99. The number of rotatable bonds is 4. The van der Waals surface area contributed by atoms with Gasteiger partial charge >= 0.3 is 0 Å². The molecule has 7 atom stereocenters. The number of carbonyl (C=O) groups is 2. The number of fused-ring (bicyclic) bond motifs is 1. The Bertz CT molecular complexity index is 813. The maximum atomic E-state index is 13.1. The average molecular weight is 444 g/mol. The second kappa shape index (κ2) is 9.48. The molecule has 1 aromatic heterocycles. The summed E-state index contributed by atoms with van der Waals surface area (Å²) >= 11 is 0. The van der Waals surface area contributed by atoms with E-state index in [0.29, 0.717) is 31.9 Å². The van der Waals surface area contributed by atoms with E-state index < -0.39 is 6.10 Å². The molecule has 7 nitrogen and oxygen atoms in total. The predicted molar refractivity (Wildman–Crippen MR) is 121 cm³/mol. The first kappa shape index (κ1) is 23.2. The summed E-state index contributed by atoms with van der Waals surface area (Å²) in [7, 11) is 0. The number of pyridine rings is 1. The van der Waals surface area contributed by atoms with Crippen LogP contribution in [0, 0.1) is 29.1 Å². The lowest BCUT2D eigenvalue weighted by atomic mass is 9.51. The van der Waals surface area contributed by atoms with E-state index >= 15 is 0 Å². The first-order chi connectivity index (χ1) is 15.3. The second-order valence-corrected chi connectivity index (χ2v) is 10.3. The Morgan fingerprint density at radius 3 is 2.56 bits per heavy atom. The first-order valence-electron chi connectivity index (χ1n) is 12.1. The number of aliphatic hydroxyl groups is 1. The van der Waals surface area contributed by atoms with Gasteiger partial charge in [0.15, 0.2) is 0 Å². The molecule has 2 N–H and O–H groups in total. The number of nitrogens with zero attached hydrogens (tertiary/aromatic N) is 2. The molecule has 0 radical (unpaired) electrons. The number of nitrogens with one attached hydrogen (secondary N) is 1. The van der Waals surface area contributed by atoms with Crippen LogP contribution in [0.2, 0.25) is 0 Å². The van der Waals surface area contributed by atoms with Crippen molar-refractivity contribution in [1.82, 2.24) is 15.2 Å². The molecule has 1 aliphatic heterocycles. The van der Waals surface area contributed by atoms with Gasteiger partial charge in [-0.3, -0.25) is 14.6 Å². The average Bonchev–Trinajstić information content (AvgIpc) is 2.81. The van der Waals surface area contributed by atoms with Crippen LogP contribution in [0.25, 0.3) is 0 Å². The Balaban J connectivity index is 1.47. The van der Waals surface area contributed by atoms with E-state index in [-0.39, 0.29) is 46.9 Å². The molecule has 4 rings (SSSR count). The van der Waals surface area contributed by atoms with E-state index in [2.05, 4.69) is 24.1 Å². The summed E-state index contributed by atoms with van der Waals surface area (Å²) in [6.45, 7) is 8.84. The molecule has 0 bridgehead atoms. The van der Waals surface area contributed by atoms with Gasteiger partial charge in [0.05, 0.1) is 19.3 Å². The number of hydrogen-bond acceptors (Lipinski definition) is 5. The number of carbonyl (C=O) groups excluding carboxylic acids is 2. The molecule has 2 saturated carbocycles. The maximum Gasteiger partial charge on any atom is 0.251 e. The number of amides is 2. The lowest BCUT2D eigenvalue weighted by Gasteiger charge is -2.56. The van der Waals surface area contributed by atoms with Gasteiger partial charge < -0.3 is 20.1 Å². The Kier molecular flexibility index (Phi) is 6.86. The van der Waals surface area contributed by atoms with Gasteiger partial charge in [-0.1, -0.05) is 20.8 Å². The largest absolute Gasteiger partial charge is 0.392 e. The summed E-state index contributed by atoms with van der Waals surface area (Å²) in [5.41, 5.74) is 0.641. The van der Waals surface area contributed by atoms with Crippen LogP contribution in [-0.4, -0.2) is 65.3 Å². The van der Waals surface area contributed by atoms with E-state index in [1.807, 2.05) is 11.8 Å². The van der Waals surface area contributed by atoms with Crippen molar-refractivity contribution in [2.45, 2.75) is 58.6 Å². The maximum absolute atomic E-state index is 13.1. The van der Waals surface area contributed by atoms with E-state index in [4.69, 9.17) is 4.74 Å². The summed E-state index contributed by atoms with van der Waals surface area (Å²) in [6, 6.07) is 3.45. The van der Waals surface area contributed by atoms with Gasteiger partial charge in [-0.2, -0.15) is 0 Å². The molecule has 0 unspecified atom stereocenters. The van der Waals surface area contributed by atoms with Gasteiger partial charge in [-0.15, -0.1) is 0 Å². The zero-order valence-electron chi connectivity index (χ0n) is 19.5. The molecule has 1 saturated heterocycles. The highest BCUT2D eigenvalue weighted by Gasteiger charge is 2.54. The highest BCUT2D eigenvalue weighted by Crippen LogP contribution is 2.55. The van der Waals surface area contributed by atoms with Gasteiger partial charge in [-0.25, -0.2) is 0 Å². The van der Waals surface area contributed by atoms with Crippen molar-refractivity contribution in [2.24, 2.45) is 29.1 Å². The SMILES string of the molecule is C[C@@H]1[C@@H]2[C@@H](O)[C@@H]([C@H](C)C(=O)N3CCOCC3)CC[C@]2(C)CC[C@@H]1NC(=O)c1ccncc1. The molecule has 0 aromatic carbocycles. The summed E-state index contributed by atoms with van der Waals surface area (Å²) in [4.78, 5) is 31.8. The third-order valence-electron chi connectivity index (χ3n) is 8.50. The van der Waals surface area contributed by atoms with Gasteiger partial charge in [-0.05, 0) is 61.0 Å². The van der Waals surface area contributed by atoms with Crippen molar-refractivity contribution in [2.75, 3.05) is 26.3 Å². The summed E-state index contributed by atoms with van der Waals surface area (Å²) in [6.07, 6.45) is 6.45. The lowest BCUT2D eigenvalue weighted by molar-refractivity contribution is -0.153. The highest BCUT2D eigenvalue weighted by molar-refractivity contribution is 5.94. The molecule has 3 fully saturated rings. The summed E-state index contributed by atoms with van der Waals surface area (Å²) < 4.78 is 5.39. The fourth-order valence-corrected chi connectivity index (χ4v) is 6.51. The number of ether oxygens (including phenoxy) is 1. The molecular weight excluding hydrogens is 406 g/mol. The van der Waals surface area contributed by atoms with Crippen molar-refractivity contribution in [3.63, 3.8) is 0 Å². The summed E-state index contributed by atoms with van der Waals surface area (Å²) in [5.74, 6) is -0.0506. The molecule has 2 aliphatic carbocycles. The minimum absolute atomic E-state index is 0.00684. The molecule has 7 heteroatoms. The molecular formula is C25H37N3O4. The van der Waals surface area contributed by atoms with Crippen molar-refractivity contribution >= 4 is 11.8 Å². The normalized spacial score (nSPS) is 36.1. The minimum atomic E-state index is -0.552. The first-order valence-corrected chi connectivity index (χ1v) is 12.1. The van der Waals surface area contributed by atoms with Crippen molar-refractivity contribution in [1.29, 1.82) is 0 Å². The smallest absolute Gasteiger partial charge is 0.251 e. The van der Waals surface area contributed by atoms with Crippen molar-refractivity contribution in [3.05, 3.63) is 30.1 Å². The van der Waals surface area contributed by atoms with Crippen LogP contribution in [0.4, 0.5) is 0 Å². The number of aliphatic hydroxyl groups excluding tert-OH is 1. The van der Waals surface area contributed by atoms with E-state index in [1.165, 1.54) is 0 Å². The van der Waals surface area contributed by atoms with Crippen LogP contribution in [0.15, 0.2) is 24.5 Å². The van der Waals surface area contributed by atoms with E-state index in [9.17, 15) is 14.7 Å². The number of aromatic nitrogens is 1. The molecule has 1 aromatic rings. The number of hydrogen-bond donors (Lipinski definition) is 2. The molecule has 176 valence electrons. The van der Waals surface area contributed by atoms with Crippen LogP contribution in [0.3, 0.4) is 0 Å². The van der Waals surface area contributed by atoms with Crippen LogP contribution >= 0.6 is 0 Å². The standard InChI is InChI=1S/C25H37N3O4/c1-16(24(31)28-12-14-32-15-13-28)19-4-8-25(3)9-5-20(17(2)21(25)22(19)29)27-23(30)18-6-10-26-11-7-18/h6-7,10-11,16-17,19-22,29H,4-5,8-9,12-15H2,1-3H3,(H,27,30)/t16-,17-,19+,20-,21+,22-,25+/m0/s1. The van der Waals surface area contributed by atoms with Crippen molar-refractivity contribution in [3.8, 4) is 0 Å². The van der Waals surface area contributed by atoms with Crippen LogP contribution in [0.1, 0.15) is 56.8 Å².